The summed E-state index contributed by atoms with van der Waals surface area (Å²) >= 11 is 3.73. The summed E-state index contributed by atoms with van der Waals surface area (Å²) in [7, 11) is 1.97. The van der Waals surface area contributed by atoms with Crippen LogP contribution in [0.2, 0.25) is 0 Å². The molecule has 6 heteroatoms. The van der Waals surface area contributed by atoms with Gasteiger partial charge in [0, 0.05) is 37.2 Å². The van der Waals surface area contributed by atoms with Gasteiger partial charge in [-0.3, -0.25) is 0 Å². The van der Waals surface area contributed by atoms with Gasteiger partial charge in [-0.05, 0) is 87.9 Å². The van der Waals surface area contributed by atoms with Crippen LogP contribution in [-0.4, -0.2) is 66.1 Å². The Hall–Kier alpha value is -2.05. The Morgan fingerprint density at radius 3 is 2.47 bits per heavy atom. The highest BCUT2D eigenvalue weighted by Crippen LogP contribution is 2.29. The molecule has 2 heterocycles. The third kappa shape index (κ3) is 6.54. The van der Waals surface area contributed by atoms with Gasteiger partial charge in [-0.2, -0.15) is 0 Å². The summed E-state index contributed by atoms with van der Waals surface area (Å²) in [6.07, 6.45) is 4.70. The molecule has 1 unspecified atom stereocenters. The van der Waals surface area contributed by atoms with E-state index in [4.69, 9.17) is 4.74 Å². The number of carbonyl (C=O) groups excluding carboxylic acids is 1. The number of halogens is 1. The van der Waals surface area contributed by atoms with Crippen LogP contribution in [0.4, 0.5) is 4.79 Å². The molecule has 2 aliphatic heterocycles. The Morgan fingerprint density at radius 2 is 1.76 bits per heavy atom. The number of piperidine rings is 1. The maximum atomic E-state index is 13.0. The van der Waals surface area contributed by atoms with Gasteiger partial charge in [0.25, 0.3) is 0 Å². The van der Waals surface area contributed by atoms with Crippen molar-refractivity contribution in [2.24, 2.45) is 5.92 Å². The van der Waals surface area contributed by atoms with E-state index in [2.05, 4.69) is 58.9 Å². The molecule has 5 nitrogen and oxygen atoms in total. The highest BCUT2D eigenvalue weighted by Gasteiger charge is 2.32. The molecular formula is C28H38BrN3O2. The number of hydrogen-bond donors (Lipinski definition) is 0. The van der Waals surface area contributed by atoms with Crippen LogP contribution in [-0.2, 0) is 13.0 Å². The van der Waals surface area contributed by atoms with E-state index in [1.807, 2.05) is 41.1 Å². The number of likely N-dealkylation sites (N-methyl/N-ethyl adjacent to an activating group) is 1. The van der Waals surface area contributed by atoms with Crippen molar-refractivity contribution in [3.63, 3.8) is 0 Å². The van der Waals surface area contributed by atoms with E-state index >= 15 is 0 Å². The molecule has 0 spiro atoms. The van der Waals surface area contributed by atoms with Gasteiger partial charge in [-0.1, -0.05) is 46.3 Å². The third-order valence-corrected chi connectivity index (χ3v) is 7.92. The number of rotatable bonds is 8. The first-order chi connectivity index (χ1) is 16.4. The van der Waals surface area contributed by atoms with Crippen molar-refractivity contribution >= 4 is 22.0 Å². The third-order valence-electron chi connectivity index (χ3n) is 7.14. The van der Waals surface area contributed by atoms with Gasteiger partial charge < -0.3 is 19.4 Å². The van der Waals surface area contributed by atoms with E-state index in [-0.39, 0.29) is 12.1 Å². The average Bonchev–Trinajstić information content (AvgIpc) is 2.82. The second-order valence-corrected chi connectivity index (χ2v) is 11.0. The van der Waals surface area contributed by atoms with Gasteiger partial charge in [-0.15, -0.1) is 0 Å². The van der Waals surface area contributed by atoms with Crippen molar-refractivity contribution in [2.45, 2.75) is 58.2 Å². The summed E-state index contributed by atoms with van der Waals surface area (Å²) in [6, 6.07) is 17.1. The number of nitrogens with zero attached hydrogens (tertiary/aromatic N) is 3. The molecule has 0 saturated carbocycles. The topological polar surface area (TPSA) is 36.0 Å². The number of likely N-dealkylation sites (tertiary alicyclic amines) is 1. The molecule has 2 saturated heterocycles. The average molecular weight is 529 g/mol. The predicted molar refractivity (Wildman–Crippen MR) is 141 cm³/mol. The molecule has 1 atom stereocenters. The van der Waals surface area contributed by atoms with Crippen LogP contribution in [0.3, 0.4) is 0 Å². The lowest BCUT2D eigenvalue weighted by molar-refractivity contribution is 0.0802. The number of ether oxygens (including phenoxy) is 1. The molecule has 2 amide bonds. The van der Waals surface area contributed by atoms with Crippen LogP contribution in [0, 0.1) is 5.92 Å². The molecule has 0 N–H and O–H groups in total. The molecule has 2 aromatic rings. The summed E-state index contributed by atoms with van der Waals surface area (Å²) in [5, 5.41) is 0. The zero-order chi connectivity index (χ0) is 24.1. The lowest BCUT2D eigenvalue weighted by Gasteiger charge is -2.42. The Morgan fingerprint density at radius 1 is 1.03 bits per heavy atom. The fourth-order valence-electron chi connectivity index (χ4n) is 5.17. The highest BCUT2D eigenvalue weighted by molar-refractivity contribution is 9.10. The Bertz CT molecular complexity index is 944. The highest BCUT2D eigenvalue weighted by atomic mass is 79.9. The van der Waals surface area contributed by atoms with E-state index in [1.165, 1.54) is 28.4 Å². The summed E-state index contributed by atoms with van der Waals surface area (Å²) in [5.41, 5.74) is 2.53. The van der Waals surface area contributed by atoms with Gasteiger partial charge in [0.1, 0.15) is 5.75 Å². The van der Waals surface area contributed by atoms with Gasteiger partial charge >= 0.3 is 6.03 Å². The molecular weight excluding hydrogens is 490 g/mol. The van der Waals surface area contributed by atoms with Gasteiger partial charge in [0.2, 0.25) is 0 Å². The molecule has 0 aromatic heterocycles. The van der Waals surface area contributed by atoms with Crippen molar-refractivity contribution in [3.8, 4) is 5.75 Å². The first kappa shape index (κ1) is 25.1. The normalized spacial score (nSPS) is 20.3. The molecule has 0 aliphatic carbocycles. The van der Waals surface area contributed by atoms with Crippen LogP contribution >= 0.6 is 15.9 Å². The molecule has 34 heavy (non-hydrogen) atoms. The lowest BCUT2D eigenvalue weighted by Crippen LogP contribution is -2.56. The molecule has 2 aromatic carbocycles. The van der Waals surface area contributed by atoms with E-state index in [0.717, 1.165) is 44.8 Å². The predicted octanol–water partition coefficient (Wildman–Crippen LogP) is 5.82. The van der Waals surface area contributed by atoms with Crippen LogP contribution < -0.4 is 4.74 Å². The Balaban J connectivity index is 1.25. The molecule has 184 valence electrons. The molecule has 0 bridgehead atoms. The van der Waals surface area contributed by atoms with Crippen LogP contribution in [0.5, 0.6) is 5.75 Å². The minimum atomic E-state index is 0.156. The van der Waals surface area contributed by atoms with Crippen molar-refractivity contribution in [3.05, 3.63) is 64.1 Å². The quantitative estimate of drug-likeness (QED) is 0.434. The molecule has 2 fully saturated rings. The number of hydrogen-bond acceptors (Lipinski definition) is 3. The fourth-order valence-corrected chi connectivity index (χ4v) is 5.58. The second-order valence-electron chi connectivity index (χ2n) is 10.1. The second kappa shape index (κ2) is 11.6. The molecule has 4 rings (SSSR count). The Kier molecular flexibility index (Phi) is 8.54. The summed E-state index contributed by atoms with van der Waals surface area (Å²) in [4.78, 5) is 19.5. The zero-order valence-corrected chi connectivity index (χ0v) is 22.3. The first-order valence-electron chi connectivity index (χ1n) is 12.6. The smallest absolute Gasteiger partial charge is 0.320 e. The summed E-state index contributed by atoms with van der Waals surface area (Å²) < 4.78 is 7.07. The standard InChI is InChI=1S/C28H38BrN3O2/c1-21(2)34-26-9-10-27(29)24(18-26)17-22-11-14-31(15-12-22)20-25-13-16-32(28(33)30(25)3)19-23-7-5-4-6-8-23/h4-10,18,21-22,25H,11-17,19-20H2,1-3H3. The van der Waals surface area contributed by atoms with Crippen LogP contribution in [0.25, 0.3) is 0 Å². The molecule has 0 radical (unpaired) electrons. The van der Waals surface area contributed by atoms with E-state index < -0.39 is 0 Å². The van der Waals surface area contributed by atoms with E-state index in [9.17, 15) is 4.79 Å². The SMILES string of the molecule is CC(C)Oc1ccc(Br)c(CC2CCN(CC3CCN(Cc4ccccc4)C(=O)N3C)CC2)c1. The van der Waals surface area contributed by atoms with Crippen molar-refractivity contribution in [1.82, 2.24) is 14.7 Å². The fraction of sp³-hybridized carbons (Fsp3) is 0.536. The van der Waals surface area contributed by atoms with Crippen LogP contribution in [0.1, 0.15) is 44.2 Å². The van der Waals surface area contributed by atoms with Gasteiger partial charge in [-0.25, -0.2) is 4.79 Å². The summed E-state index contributed by atoms with van der Waals surface area (Å²) in [6.45, 7) is 8.86. The van der Waals surface area contributed by atoms with Crippen molar-refractivity contribution < 1.29 is 9.53 Å². The number of urea groups is 1. The van der Waals surface area contributed by atoms with Gasteiger partial charge in [0.05, 0.1) is 6.10 Å². The lowest BCUT2D eigenvalue weighted by atomic mass is 9.89. The maximum absolute atomic E-state index is 13.0. The zero-order valence-electron chi connectivity index (χ0n) is 20.8. The monoisotopic (exact) mass is 527 g/mol. The minimum absolute atomic E-state index is 0.156. The van der Waals surface area contributed by atoms with Crippen molar-refractivity contribution in [1.29, 1.82) is 0 Å². The number of benzene rings is 2. The van der Waals surface area contributed by atoms with E-state index in [0.29, 0.717) is 18.5 Å². The number of amides is 2. The van der Waals surface area contributed by atoms with Gasteiger partial charge in [0.15, 0.2) is 0 Å². The first-order valence-corrected chi connectivity index (χ1v) is 13.4. The van der Waals surface area contributed by atoms with Crippen LogP contribution in [0.15, 0.2) is 53.0 Å². The summed E-state index contributed by atoms with van der Waals surface area (Å²) in [5.74, 6) is 1.64. The largest absolute Gasteiger partial charge is 0.491 e. The minimum Gasteiger partial charge on any atom is -0.491 e. The number of carbonyl (C=O) groups is 1. The molecule has 2 aliphatic rings. The van der Waals surface area contributed by atoms with E-state index in [1.54, 1.807) is 0 Å². The van der Waals surface area contributed by atoms with Crippen molar-refractivity contribution in [2.75, 3.05) is 33.2 Å². The maximum Gasteiger partial charge on any atom is 0.320 e. The Labute approximate surface area is 213 Å².